The Morgan fingerprint density at radius 1 is 1.16 bits per heavy atom. The van der Waals surface area contributed by atoms with Crippen molar-refractivity contribution in [3.8, 4) is 0 Å². The lowest BCUT2D eigenvalue weighted by atomic mass is 9.49. The maximum Gasteiger partial charge on any atom is 0.328 e. The first kappa shape index (κ1) is 25.4. The first-order valence-electron chi connectivity index (χ1n) is 13.5. The highest BCUT2D eigenvalue weighted by Crippen LogP contribution is 2.57. The average Bonchev–Trinajstić information content (AvgIpc) is 3.28. The zero-order chi connectivity index (χ0) is 26.2. The van der Waals surface area contributed by atoms with E-state index in [-0.39, 0.29) is 29.9 Å². The average molecular weight is 503 g/mol. The van der Waals surface area contributed by atoms with Gasteiger partial charge < -0.3 is 10.1 Å². The van der Waals surface area contributed by atoms with Gasteiger partial charge >= 0.3 is 5.97 Å². The molecule has 3 unspecified atom stereocenters. The summed E-state index contributed by atoms with van der Waals surface area (Å²) < 4.78 is 6.75. The van der Waals surface area contributed by atoms with Crippen molar-refractivity contribution in [3.63, 3.8) is 0 Å². The molecule has 7 nitrogen and oxygen atoms in total. The van der Waals surface area contributed by atoms with Gasteiger partial charge in [0.2, 0.25) is 0 Å². The predicted octanol–water partition coefficient (Wildman–Crippen LogP) is 4.92. The van der Waals surface area contributed by atoms with E-state index in [2.05, 4.69) is 61.5 Å². The standard InChI is InChI=1S/C30H38N4O3/c1-20(2)21-10-12-23-22(16-21)11-13-26-29(3,14-7-15-30(23,26)4)19-31-27(35)18-37-28(36)17-34-25-9-6-5-8-24(25)32-33-34/h5-6,8-10,12,16,20,26H,7,11,13-15,17-19H2,1-4H3,(H,31,35). The van der Waals surface area contributed by atoms with Crippen molar-refractivity contribution in [3.05, 3.63) is 59.2 Å². The third-order valence-electron chi connectivity index (χ3n) is 8.92. The van der Waals surface area contributed by atoms with Gasteiger partial charge in [0.1, 0.15) is 12.1 Å². The Labute approximate surface area is 219 Å². The van der Waals surface area contributed by atoms with Crippen LogP contribution in [0.5, 0.6) is 0 Å². The van der Waals surface area contributed by atoms with Crippen LogP contribution in [0.1, 0.15) is 76.0 Å². The maximum atomic E-state index is 12.7. The molecule has 5 rings (SSSR count). The van der Waals surface area contributed by atoms with Crippen LogP contribution in [-0.4, -0.2) is 40.0 Å². The zero-order valence-corrected chi connectivity index (χ0v) is 22.4. The lowest BCUT2D eigenvalue weighted by Crippen LogP contribution is -2.53. The molecule has 0 spiro atoms. The number of benzene rings is 2. The molecule has 0 aliphatic heterocycles. The number of nitrogens with zero attached hydrogens (tertiary/aromatic N) is 3. The molecule has 0 bridgehead atoms. The predicted molar refractivity (Wildman–Crippen MR) is 143 cm³/mol. The molecular formula is C30H38N4O3. The Kier molecular flexibility index (Phi) is 6.82. The third-order valence-corrected chi connectivity index (χ3v) is 8.92. The Morgan fingerprint density at radius 2 is 1.97 bits per heavy atom. The molecule has 37 heavy (non-hydrogen) atoms. The van der Waals surface area contributed by atoms with Crippen molar-refractivity contribution < 1.29 is 14.3 Å². The molecule has 0 radical (unpaired) electrons. The Morgan fingerprint density at radius 3 is 2.78 bits per heavy atom. The van der Waals surface area contributed by atoms with E-state index in [0.29, 0.717) is 23.9 Å². The highest BCUT2D eigenvalue weighted by Gasteiger charge is 2.51. The monoisotopic (exact) mass is 502 g/mol. The summed E-state index contributed by atoms with van der Waals surface area (Å²) in [5.41, 5.74) is 6.01. The third kappa shape index (κ3) is 4.88. The van der Waals surface area contributed by atoms with Crippen molar-refractivity contribution in [2.75, 3.05) is 13.2 Å². The number of carbonyl (C=O) groups is 2. The van der Waals surface area contributed by atoms with Gasteiger partial charge in [-0.3, -0.25) is 9.59 Å². The molecule has 1 saturated carbocycles. The smallest absolute Gasteiger partial charge is 0.328 e. The second kappa shape index (κ2) is 9.92. The molecule has 1 heterocycles. The molecule has 2 aliphatic rings. The van der Waals surface area contributed by atoms with E-state index in [1.54, 1.807) is 0 Å². The normalized spacial score (nSPS) is 24.9. The van der Waals surface area contributed by atoms with E-state index in [1.807, 2.05) is 24.3 Å². The van der Waals surface area contributed by atoms with Gasteiger partial charge in [-0.15, -0.1) is 5.10 Å². The van der Waals surface area contributed by atoms with Crippen LogP contribution >= 0.6 is 0 Å². The van der Waals surface area contributed by atoms with Gasteiger partial charge in [0, 0.05) is 6.54 Å². The van der Waals surface area contributed by atoms with Crippen LogP contribution in [0.25, 0.3) is 11.0 Å². The number of nitrogens with one attached hydrogen (secondary N) is 1. The number of hydrogen-bond donors (Lipinski definition) is 1. The quantitative estimate of drug-likeness (QED) is 0.463. The first-order chi connectivity index (χ1) is 17.7. The van der Waals surface area contributed by atoms with Crippen molar-refractivity contribution in [1.29, 1.82) is 0 Å². The lowest BCUT2D eigenvalue weighted by molar-refractivity contribution is -0.149. The minimum atomic E-state index is -0.507. The lowest BCUT2D eigenvalue weighted by Gasteiger charge is -2.55. The number of aryl methyl sites for hydroxylation is 1. The largest absolute Gasteiger partial charge is 0.454 e. The number of fused-ring (bicyclic) bond motifs is 4. The second-order valence-electron chi connectivity index (χ2n) is 11.8. The van der Waals surface area contributed by atoms with Crippen LogP contribution in [0.3, 0.4) is 0 Å². The highest BCUT2D eigenvalue weighted by atomic mass is 16.5. The molecule has 1 aromatic heterocycles. The summed E-state index contributed by atoms with van der Waals surface area (Å²) in [6.07, 6.45) is 5.65. The van der Waals surface area contributed by atoms with Gasteiger partial charge in [0.05, 0.1) is 5.52 Å². The molecule has 1 amide bonds. The van der Waals surface area contributed by atoms with Crippen molar-refractivity contribution >= 4 is 22.9 Å². The molecule has 2 aromatic carbocycles. The molecular weight excluding hydrogens is 464 g/mol. The van der Waals surface area contributed by atoms with Gasteiger partial charge in [-0.2, -0.15) is 0 Å². The Hall–Kier alpha value is -3.22. The Balaban J connectivity index is 1.19. The van der Waals surface area contributed by atoms with Crippen LogP contribution in [0.4, 0.5) is 0 Å². The van der Waals surface area contributed by atoms with Gasteiger partial charge in [-0.1, -0.05) is 69.7 Å². The fraction of sp³-hybridized carbons (Fsp3) is 0.533. The van der Waals surface area contributed by atoms with E-state index in [1.165, 1.54) is 27.8 Å². The molecule has 0 saturated heterocycles. The number of esters is 1. The van der Waals surface area contributed by atoms with E-state index in [4.69, 9.17) is 4.74 Å². The summed E-state index contributed by atoms with van der Waals surface area (Å²) in [6.45, 7) is 9.49. The number of hydrogen-bond acceptors (Lipinski definition) is 5. The van der Waals surface area contributed by atoms with Crippen LogP contribution < -0.4 is 5.32 Å². The van der Waals surface area contributed by atoms with Crippen molar-refractivity contribution in [2.24, 2.45) is 11.3 Å². The summed E-state index contributed by atoms with van der Waals surface area (Å²) in [5.74, 6) is 0.261. The number of carbonyl (C=O) groups excluding carboxylic acids is 2. The van der Waals surface area contributed by atoms with Gasteiger partial charge in [0.25, 0.3) is 5.91 Å². The minimum Gasteiger partial charge on any atom is -0.454 e. The summed E-state index contributed by atoms with van der Waals surface area (Å²) in [4.78, 5) is 25.0. The zero-order valence-electron chi connectivity index (χ0n) is 22.4. The number of para-hydroxylation sites is 1. The van der Waals surface area contributed by atoms with E-state index in [0.717, 1.165) is 31.2 Å². The summed E-state index contributed by atoms with van der Waals surface area (Å²) in [7, 11) is 0. The van der Waals surface area contributed by atoms with Crippen LogP contribution in [0.2, 0.25) is 0 Å². The van der Waals surface area contributed by atoms with Gasteiger partial charge in [0.15, 0.2) is 6.61 Å². The molecule has 3 aromatic rings. The van der Waals surface area contributed by atoms with Gasteiger partial charge in [-0.05, 0) is 77.2 Å². The Bertz CT molecular complexity index is 1320. The van der Waals surface area contributed by atoms with Crippen LogP contribution in [0, 0.1) is 11.3 Å². The number of rotatable bonds is 7. The number of aromatic nitrogens is 3. The molecule has 1 N–H and O–H groups in total. The summed E-state index contributed by atoms with van der Waals surface area (Å²) in [5, 5.41) is 11.1. The van der Waals surface area contributed by atoms with Crippen LogP contribution in [-0.2, 0) is 32.7 Å². The van der Waals surface area contributed by atoms with E-state index >= 15 is 0 Å². The van der Waals surface area contributed by atoms with Gasteiger partial charge in [-0.25, -0.2) is 4.68 Å². The number of ether oxygens (including phenoxy) is 1. The van der Waals surface area contributed by atoms with E-state index < -0.39 is 5.97 Å². The molecule has 1 fully saturated rings. The summed E-state index contributed by atoms with van der Waals surface area (Å²) in [6, 6.07) is 14.5. The van der Waals surface area contributed by atoms with Crippen molar-refractivity contribution in [2.45, 2.75) is 77.7 Å². The minimum absolute atomic E-state index is 0.000718. The molecule has 2 aliphatic carbocycles. The fourth-order valence-electron chi connectivity index (χ4n) is 6.91. The fourth-order valence-corrected chi connectivity index (χ4v) is 6.91. The van der Waals surface area contributed by atoms with Crippen LogP contribution in [0.15, 0.2) is 42.5 Å². The molecule has 3 atom stereocenters. The SMILES string of the molecule is CC(C)c1ccc2c(c1)CCC1C(C)(CNC(=O)COC(=O)Cn3nnc4ccccc43)CCCC21C. The first-order valence-corrected chi connectivity index (χ1v) is 13.5. The maximum absolute atomic E-state index is 12.7. The number of amides is 1. The molecule has 196 valence electrons. The highest BCUT2D eigenvalue weighted by molar-refractivity contribution is 5.81. The van der Waals surface area contributed by atoms with Crippen molar-refractivity contribution in [1.82, 2.24) is 20.3 Å². The topological polar surface area (TPSA) is 86.1 Å². The second-order valence-corrected chi connectivity index (χ2v) is 11.8. The molecule has 7 heteroatoms. The summed E-state index contributed by atoms with van der Waals surface area (Å²) >= 11 is 0. The van der Waals surface area contributed by atoms with E-state index in [9.17, 15) is 9.59 Å².